The van der Waals surface area contributed by atoms with E-state index in [0.29, 0.717) is 19.1 Å². The predicted octanol–water partition coefficient (Wildman–Crippen LogP) is 1.14. The molecule has 72 valence electrons. The molecule has 2 rings (SSSR count). The number of hydrogen-bond donors (Lipinski definition) is 0. The Morgan fingerprint density at radius 2 is 2.54 bits per heavy atom. The van der Waals surface area contributed by atoms with E-state index in [4.69, 9.17) is 9.47 Å². The lowest BCUT2D eigenvalue weighted by atomic mass is 9.86. The Balaban J connectivity index is 2.11. The van der Waals surface area contributed by atoms with Gasteiger partial charge in [-0.2, -0.15) is 0 Å². The summed E-state index contributed by atoms with van der Waals surface area (Å²) in [4.78, 5) is 11.4. The molecule has 0 radical (unpaired) electrons. The Kier molecular flexibility index (Phi) is 2.36. The maximum atomic E-state index is 11.4. The fourth-order valence-electron chi connectivity index (χ4n) is 2.21. The number of hydrogen-bond acceptors (Lipinski definition) is 3. The van der Waals surface area contributed by atoms with Gasteiger partial charge in [-0.3, -0.25) is 4.79 Å². The van der Waals surface area contributed by atoms with Gasteiger partial charge in [0.1, 0.15) is 0 Å². The molecule has 0 N–H and O–H groups in total. The summed E-state index contributed by atoms with van der Waals surface area (Å²) in [6.07, 6.45) is 4.36. The van der Waals surface area contributed by atoms with E-state index in [1.807, 2.05) is 0 Å². The van der Waals surface area contributed by atoms with Crippen LogP contribution < -0.4 is 0 Å². The molecule has 1 fully saturated rings. The van der Waals surface area contributed by atoms with Gasteiger partial charge in [0.05, 0.1) is 26.2 Å². The molecule has 2 aliphatic rings. The number of carbonyl (C=O) groups excluding carboxylic acids is 1. The van der Waals surface area contributed by atoms with Gasteiger partial charge >= 0.3 is 5.97 Å². The van der Waals surface area contributed by atoms with Gasteiger partial charge in [-0.15, -0.1) is 0 Å². The number of carbonyl (C=O) groups is 1. The molecular formula is C10H14O3. The van der Waals surface area contributed by atoms with Gasteiger partial charge in [-0.05, 0) is 24.3 Å². The van der Waals surface area contributed by atoms with Crippen molar-refractivity contribution in [2.45, 2.75) is 12.8 Å². The minimum absolute atomic E-state index is 0.0625. The summed E-state index contributed by atoms with van der Waals surface area (Å²) in [7, 11) is 1.44. The molecule has 2 unspecified atom stereocenters. The van der Waals surface area contributed by atoms with Crippen LogP contribution in [0.2, 0.25) is 0 Å². The van der Waals surface area contributed by atoms with E-state index in [1.165, 1.54) is 12.7 Å². The molecule has 0 aromatic heterocycles. The van der Waals surface area contributed by atoms with Crippen molar-refractivity contribution in [3.63, 3.8) is 0 Å². The summed E-state index contributed by atoms with van der Waals surface area (Å²) in [5, 5.41) is 0. The van der Waals surface area contributed by atoms with Crippen LogP contribution in [-0.2, 0) is 14.3 Å². The number of allylic oxidation sites excluding steroid dienone is 1. The van der Waals surface area contributed by atoms with E-state index >= 15 is 0 Å². The molecule has 1 heterocycles. The van der Waals surface area contributed by atoms with Crippen LogP contribution >= 0.6 is 0 Å². The highest BCUT2D eigenvalue weighted by Crippen LogP contribution is 2.36. The molecule has 1 aliphatic carbocycles. The molecule has 1 aliphatic heterocycles. The van der Waals surface area contributed by atoms with Gasteiger partial charge in [0.2, 0.25) is 0 Å². The highest BCUT2D eigenvalue weighted by molar-refractivity contribution is 5.73. The van der Waals surface area contributed by atoms with Crippen molar-refractivity contribution in [3.05, 3.63) is 11.6 Å². The maximum absolute atomic E-state index is 11.4. The molecule has 0 saturated carbocycles. The van der Waals surface area contributed by atoms with Crippen molar-refractivity contribution < 1.29 is 14.3 Å². The minimum Gasteiger partial charge on any atom is -0.469 e. The number of rotatable bonds is 1. The Hall–Kier alpha value is -0.830. The van der Waals surface area contributed by atoms with E-state index in [-0.39, 0.29) is 11.9 Å². The molecule has 0 aromatic carbocycles. The van der Waals surface area contributed by atoms with E-state index in [9.17, 15) is 4.79 Å². The molecule has 3 nitrogen and oxygen atoms in total. The van der Waals surface area contributed by atoms with E-state index in [2.05, 4.69) is 6.08 Å². The van der Waals surface area contributed by atoms with Crippen molar-refractivity contribution in [1.29, 1.82) is 0 Å². The molecule has 1 saturated heterocycles. The van der Waals surface area contributed by atoms with E-state index in [0.717, 1.165) is 12.8 Å². The molecule has 2 atom stereocenters. The average molecular weight is 182 g/mol. The summed E-state index contributed by atoms with van der Waals surface area (Å²) in [5.41, 5.74) is 1.29. The number of esters is 1. The van der Waals surface area contributed by atoms with Gasteiger partial charge < -0.3 is 9.47 Å². The largest absolute Gasteiger partial charge is 0.469 e. The normalized spacial score (nSPS) is 32.2. The lowest BCUT2D eigenvalue weighted by Gasteiger charge is -2.28. The third-order valence-electron chi connectivity index (χ3n) is 2.92. The smallest absolute Gasteiger partial charge is 0.311 e. The lowest BCUT2D eigenvalue weighted by molar-refractivity contribution is -0.150. The Bertz CT molecular complexity index is 245. The topological polar surface area (TPSA) is 35.5 Å². The van der Waals surface area contributed by atoms with Gasteiger partial charge in [0.15, 0.2) is 0 Å². The molecule has 3 heteroatoms. The van der Waals surface area contributed by atoms with Crippen LogP contribution in [-0.4, -0.2) is 26.3 Å². The van der Waals surface area contributed by atoms with Crippen molar-refractivity contribution in [2.24, 2.45) is 11.8 Å². The highest BCUT2D eigenvalue weighted by Gasteiger charge is 2.36. The first kappa shape index (κ1) is 8.75. The van der Waals surface area contributed by atoms with Crippen LogP contribution in [0.5, 0.6) is 0 Å². The van der Waals surface area contributed by atoms with E-state index in [1.54, 1.807) is 0 Å². The second-order valence-electron chi connectivity index (χ2n) is 3.61. The highest BCUT2D eigenvalue weighted by atomic mass is 16.5. The van der Waals surface area contributed by atoms with Crippen molar-refractivity contribution in [1.82, 2.24) is 0 Å². The third kappa shape index (κ3) is 1.48. The number of methoxy groups -OCH3 is 1. The Labute approximate surface area is 77.7 Å². The average Bonchev–Trinajstić information content (AvgIpc) is 2.63. The fraction of sp³-hybridized carbons (Fsp3) is 0.700. The zero-order chi connectivity index (χ0) is 9.26. The van der Waals surface area contributed by atoms with Crippen LogP contribution in [0.1, 0.15) is 12.8 Å². The van der Waals surface area contributed by atoms with Crippen LogP contribution in [0.4, 0.5) is 0 Å². The van der Waals surface area contributed by atoms with Crippen molar-refractivity contribution in [2.75, 3.05) is 20.3 Å². The van der Waals surface area contributed by atoms with Crippen LogP contribution in [0.15, 0.2) is 11.6 Å². The predicted molar refractivity (Wildman–Crippen MR) is 47.1 cm³/mol. The Morgan fingerprint density at radius 3 is 3.31 bits per heavy atom. The number of fused-ring (bicyclic) bond motifs is 1. The molecule has 0 amide bonds. The quantitative estimate of drug-likeness (QED) is 0.450. The molecule has 0 spiro atoms. The fourth-order valence-corrected chi connectivity index (χ4v) is 2.21. The second-order valence-corrected chi connectivity index (χ2v) is 3.61. The zero-order valence-electron chi connectivity index (χ0n) is 7.79. The standard InChI is InChI=1S/C10H14O3/c1-12-10(11)9-6-13-5-7-3-2-4-8(7)9/h3,8-9H,2,4-6H2,1H3. The van der Waals surface area contributed by atoms with Crippen LogP contribution in [0.25, 0.3) is 0 Å². The van der Waals surface area contributed by atoms with Gasteiger partial charge in [-0.25, -0.2) is 0 Å². The Morgan fingerprint density at radius 1 is 1.69 bits per heavy atom. The van der Waals surface area contributed by atoms with Gasteiger partial charge in [-0.1, -0.05) is 6.08 Å². The summed E-state index contributed by atoms with van der Waals surface area (Å²) in [5.74, 6) is 0.200. The number of ether oxygens (including phenoxy) is 2. The first-order chi connectivity index (χ1) is 6.33. The molecular weight excluding hydrogens is 168 g/mol. The van der Waals surface area contributed by atoms with Gasteiger partial charge in [0, 0.05) is 0 Å². The first-order valence-corrected chi connectivity index (χ1v) is 4.67. The summed E-state index contributed by atoms with van der Waals surface area (Å²) in [6, 6.07) is 0. The summed E-state index contributed by atoms with van der Waals surface area (Å²) < 4.78 is 10.1. The first-order valence-electron chi connectivity index (χ1n) is 4.67. The molecule has 0 aromatic rings. The van der Waals surface area contributed by atoms with Gasteiger partial charge in [0.25, 0.3) is 0 Å². The van der Waals surface area contributed by atoms with Crippen LogP contribution in [0.3, 0.4) is 0 Å². The van der Waals surface area contributed by atoms with E-state index < -0.39 is 0 Å². The molecule has 13 heavy (non-hydrogen) atoms. The monoisotopic (exact) mass is 182 g/mol. The molecule has 0 bridgehead atoms. The lowest BCUT2D eigenvalue weighted by Crippen LogP contribution is -2.34. The zero-order valence-corrected chi connectivity index (χ0v) is 7.79. The van der Waals surface area contributed by atoms with Crippen molar-refractivity contribution in [3.8, 4) is 0 Å². The van der Waals surface area contributed by atoms with Crippen molar-refractivity contribution >= 4 is 5.97 Å². The second kappa shape index (κ2) is 3.50. The third-order valence-corrected chi connectivity index (χ3v) is 2.92. The minimum atomic E-state index is -0.127. The maximum Gasteiger partial charge on any atom is 0.311 e. The summed E-state index contributed by atoms with van der Waals surface area (Å²) in [6.45, 7) is 1.23. The van der Waals surface area contributed by atoms with Crippen LogP contribution in [0, 0.1) is 11.8 Å². The SMILES string of the molecule is COC(=O)C1COCC2=CCCC21. The summed E-state index contributed by atoms with van der Waals surface area (Å²) >= 11 is 0.